The van der Waals surface area contributed by atoms with E-state index >= 15 is 0 Å². The molecule has 0 aliphatic carbocycles. The monoisotopic (exact) mass is 260 g/mol. The standard InChI is InChI=1S/C8H12NO.C8H10O/c1-7-4-8(2)6-9(5-7)10-3;1-6-3-7(2)5-8(9)4-6/h4-6H,1-3H3;3-5,9H,1-2H3/q+1;. The normalized spacial score (nSPS) is 9.53. The molecule has 0 aliphatic rings. The molecule has 0 atom stereocenters. The Hall–Kier alpha value is -2.03. The molecule has 0 saturated carbocycles. The Bertz CT molecular complexity index is 480. The number of rotatable bonds is 1. The molecule has 0 unspecified atom stereocenters. The molecule has 0 bridgehead atoms. The number of hydrogen-bond acceptors (Lipinski definition) is 2. The fourth-order valence-electron chi connectivity index (χ4n) is 1.93. The number of benzene rings is 1. The Morgan fingerprint density at radius 2 is 1.21 bits per heavy atom. The predicted molar refractivity (Wildman–Crippen MR) is 76.2 cm³/mol. The highest BCUT2D eigenvalue weighted by Gasteiger charge is 2.00. The average Bonchev–Trinajstić information content (AvgIpc) is 2.26. The Labute approximate surface area is 115 Å². The van der Waals surface area contributed by atoms with Crippen LogP contribution in [0.15, 0.2) is 36.7 Å². The molecule has 2 aromatic rings. The number of phenolic OH excluding ortho intramolecular Hbond substituents is 1. The summed E-state index contributed by atoms with van der Waals surface area (Å²) >= 11 is 0. The first kappa shape index (κ1) is 15.0. The van der Waals surface area contributed by atoms with Crippen LogP contribution in [0.1, 0.15) is 22.3 Å². The maximum atomic E-state index is 8.99. The van der Waals surface area contributed by atoms with Gasteiger partial charge in [0.25, 0.3) is 0 Å². The third-order valence-electron chi connectivity index (χ3n) is 2.53. The summed E-state index contributed by atoms with van der Waals surface area (Å²) in [5.41, 5.74) is 4.63. The molecule has 102 valence electrons. The second-order valence-corrected chi connectivity index (χ2v) is 4.78. The summed E-state index contributed by atoms with van der Waals surface area (Å²) in [6.07, 6.45) is 3.88. The van der Waals surface area contributed by atoms with Gasteiger partial charge in [-0.05, 0) is 57.0 Å². The van der Waals surface area contributed by atoms with E-state index in [2.05, 4.69) is 6.07 Å². The molecule has 1 aromatic heterocycles. The van der Waals surface area contributed by atoms with Gasteiger partial charge in [0.2, 0.25) is 12.4 Å². The van der Waals surface area contributed by atoms with Crippen molar-refractivity contribution in [1.29, 1.82) is 0 Å². The van der Waals surface area contributed by atoms with Gasteiger partial charge < -0.3 is 5.11 Å². The molecule has 1 heterocycles. The van der Waals surface area contributed by atoms with Gasteiger partial charge in [-0.1, -0.05) is 6.07 Å². The van der Waals surface area contributed by atoms with Crippen molar-refractivity contribution >= 4 is 0 Å². The number of aryl methyl sites for hydroxylation is 4. The quantitative estimate of drug-likeness (QED) is 0.800. The first-order valence-corrected chi connectivity index (χ1v) is 6.22. The Morgan fingerprint density at radius 1 is 0.789 bits per heavy atom. The van der Waals surface area contributed by atoms with Gasteiger partial charge in [-0.15, -0.1) is 0 Å². The van der Waals surface area contributed by atoms with Gasteiger partial charge in [-0.3, -0.25) is 4.84 Å². The Morgan fingerprint density at radius 3 is 1.58 bits per heavy atom. The third-order valence-corrected chi connectivity index (χ3v) is 2.53. The molecule has 1 aromatic carbocycles. The molecular formula is C16H22NO2+. The van der Waals surface area contributed by atoms with E-state index in [0.29, 0.717) is 5.75 Å². The van der Waals surface area contributed by atoms with Gasteiger partial charge in [-0.2, -0.15) is 0 Å². The summed E-state index contributed by atoms with van der Waals surface area (Å²) in [6.45, 7) is 8.02. The summed E-state index contributed by atoms with van der Waals surface area (Å²) in [5.74, 6) is 0.354. The summed E-state index contributed by atoms with van der Waals surface area (Å²) in [6, 6.07) is 7.62. The molecule has 1 N–H and O–H groups in total. The molecule has 3 heteroatoms. The minimum Gasteiger partial charge on any atom is -0.508 e. The van der Waals surface area contributed by atoms with E-state index in [1.165, 1.54) is 11.1 Å². The lowest BCUT2D eigenvalue weighted by Crippen LogP contribution is -2.40. The van der Waals surface area contributed by atoms with Crippen molar-refractivity contribution in [1.82, 2.24) is 0 Å². The van der Waals surface area contributed by atoms with Crippen LogP contribution in [0.25, 0.3) is 0 Å². The van der Waals surface area contributed by atoms with Crippen LogP contribution < -0.4 is 9.57 Å². The molecule has 0 fully saturated rings. The van der Waals surface area contributed by atoms with Gasteiger partial charge in [0, 0.05) is 15.9 Å². The van der Waals surface area contributed by atoms with E-state index in [-0.39, 0.29) is 0 Å². The minimum atomic E-state index is 0.354. The van der Waals surface area contributed by atoms with Crippen molar-refractivity contribution in [2.45, 2.75) is 27.7 Å². The van der Waals surface area contributed by atoms with Crippen LogP contribution in [-0.4, -0.2) is 12.2 Å². The zero-order chi connectivity index (χ0) is 14.4. The Kier molecular flexibility index (Phi) is 5.37. The van der Waals surface area contributed by atoms with Crippen molar-refractivity contribution in [2.24, 2.45) is 0 Å². The lowest BCUT2D eigenvalue weighted by molar-refractivity contribution is -0.886. The number of phenols is 1. The largest absolute Gasteiger partial charge is 0.508 e. The van der Waals surface area contributed by atoms with Crippen LogP contribution in [-0.2, 0) is 0 Å². The molecule has 19 heavy (non-hydrogen) atoms. The van der Waals surface area contributed by atoms with Crippen molar-refractivity contribution in [3.8, 4) is 5.75 Å². The van der Waals surface area contributed by atoms with E-state index in [1.54, 1.807) is 24.0 Å². The molecular weight excluding hydrogens is 238 g/mol. The van der Waals surface area contributed by atoms with Crippen LogP contribution in [0.5, 0.6) is 5.75 Å². The van der Waals surface area contributed by atoms with Crippen LogP contribution in [0.3, 0.4) is 0 Å². The fraction of sp³-hybridized carbons (Fsp3) is 0.312. The van der Waals surface area contributed by atoms with E-state index in [1.807, 2.05) is 46.2 Å². The molecule has 0 amide bonds. The smallest absolute Gasteiger partial charge is 0.225 e. The van der Waals surface area contributed by atoms with Gasteiger partial charge in [0.1, 0.15) is 12.9 Å². The maximum Gasteiger partial charge on any atom is 0.225 e. The zero-order valence-electron chi connectivity index (χ0n) is 12.3. The van der Waals surface area contributed by atoms with Crippen molar-refractivity contribution < 1.29 is 14.7 Å². The van der Waals surface area contributed by atoms with Gasteiger partial charge in [0.15, 0.2) is 0 Å². The molecule has 0 radical (unpaired) electrons. The van der Waals surface area contributed by atoms with Crippen LogP contribution in [0, 0.1) is 27.7 Å². The number of pyridine rings is 1. The Balaban J connectivity index is 0.000000191. The van der Waals surface area contributed by atoms with Gasteiger partial charge >= 0.3 is 0 Å². The molecule has 0 aliphatic heterocycles. The van der Waals surface area contributed by atoms with Crippen LogP contribution in [0.4, 0.5) is 0 Å². The topological polar surface area (TPSA) is 33.3 Å². The van der Waals surface area contributed by atoms with Crippen LogP contribution in [0.2, 0.25) is 0 Å². The second kappa shape index (κ2) is 6.78. The van der Waals surface area contributed by atoms with E-state index in [0.717, 1.165) is 11.1 Å². The zero-order valence-corrected chi connectivity index (χ0v) is 12.3. The highest BCUT2D eigenvalue weighted by Crippen LogP contribution is 2.13. The van der Waals surface area contributed by atoms with E-state index in [9.17, 15) is 0 Å². The molecule has 0 spiro atoms. The number of aromatic hydroxyl groups is 1. The summed E-state index contributed by atoms with van der Waals surface area (Å²) < 4.78 is 1.70. The maximum absolute atomic E-state index is 8.99. The number of aromatic nitrogens is 1. The van der Waals surface area contributed by atoms with Gasteiger partial charge in [-0.25, -0.2) is 0 Å². The molecule has 2 rings (SSSR count). The SMILES string of the molecule is CO[n+]1cc(C)cc(C)c1.Cc1cc(C)cc(O)c1. The lowest BCUT2D eigenvalue weighted by atomic mass is 10.1. The first-order valence-electron chi connectivity index (χ1n) is 6.22. The number of hydrogen-bond donors (Lipinski definition) is 1. The van der Waals surface area contributed by atoms with Crippen molar-refractivity contribution in [2.75, 3.05) is 7.11 Å². The fourth-order valence-corrected chi connectivity index (χ4v) is 1.93. The predicted octanol–water partition coefficient (Wildman–Crippen LogP) is 2.66. The van der Waals surface area contributed by atoms with E-state index in [4.69, 9.17) is 9.94 Å². The average molecular weight is 260 g/mol. The first-order chi connectivity index (χ1) is 8.90. The van der Waals surface area contributed by atoms with Crippen LogP contribution >= 0.6 is 0 Å². The highest BCUT2D eigenvalue weighted by atomic mass is 16.6. The van der Waals surface area contributed by atoms with E-state index < -0.39 is 0 Å². The summed E-state index contributed by atoms with van der Waals surface area (Å²) in [5, 5.41) is 8.99. The summed E-state index contributed by atoms with van der Waals surface area (Å²) in [7, 11) is 1.65. The summed E-state index contributed by atoms with van der Waals surface area (Å²) in [4.78, 5) is 4.99. The third kappa shape index (κ3) is 5.42. The highest BCUT2D eigenvalue weighted by molar-refractivity contribution is 5.31. The number of nitrogens with zero attached hydrogens (tertiary/aromatic N) is 1. The van der Waals surface area contributed by atoms with Crippen molar-refractivity contribution in [3.05, 3.63) is 58.9 Å². The molecule has 3 nitrogen and oxygen atoms in total. The van der Waals surface area contributed by atoms with Gasteiger partial charge in [0.05, 0.1) is 0 Å². The van der Waals surface area contributed by atoms with Crippen molar-refractivity contribution in [3.63, 3.8) is 0 Å². The molecule has 0 saturated heterocycles. The minimum absolute atomic E-state index is 0.354. The lowest BCUT2D eigenvalue weighted by Gasteiger charge is -1.95. The second-order valence-electron chi connectivity index (χ2n) is 4.78.